The molecule has 222 valence electrons. The van der Waals surface area contributed by atoms with Crippen LogP contribution in [-0.4, -0.2) is 39.9 Å². The number of benzene rings is 4. The van der Waals surface area contributed by atoms with Crippen molar-refractivity contribution in [2.75, 3.05) is 0 Å². The molecule has 4 aromatic carbocycles. The van der Waals surface area contributed by atoms with Gasteiger partial charge in [0.25, 0.3) is 0 Å². The number of aromatic amines is 2. The standard InChI is InChI=1S/C32H18N8.4ClH.Ru/c1-2-10-18-17(9-1)25-33-26(18)38-28-21-13-5-6-14-22(21)30(35-28)40-32-24-16-8-7-15-23(24)31(36-32)39-29-20-12-4-3-11-19(20)27(34-29)37-25;;;;;/h1-16H,(H2,33,34,35,36,37,38,39,40);4*1H;/q;;;;;+4/p-4. The maximum atomic E-state index is 5.02. The summed E-state index contributed by atoms with van der Waals surface area (Å²) < 4.78 is 0. The molecule has 3 aromatic heterocycles. The molecule has 9 rings (SSSR count). The molecule has 0 radical (unpaired) electrons. The molecule has 0 aliphatic carbocycles. The van der Waals surface area contributed by atoms with Gasteiger partial charge in [0.1, 0.15) is 22.6 Å². The van der Waals surface area contributed by atoms with E-state index in [9.17, 15) is 0 Å². The first kappa shape index (κ1) is 28.5. The summed E-state index contributed by atoms with van der Waals surface area (Å²) in [5.74, 6) is 2.39. The van der Waals surface area contributed by atoms with Crippen LogP contribution in [0.5, 0.6) is 0 Å². The average Bonchev–Trinajstić information content (AvgIpc) is 3.76. The maximum absolute atomic E-state index is 5.02. The second kappa shape index (κ2) is 11.1. The number of nitrogens with one attached hydrogen (secondary N) is 2. The molecule has 2 N–H and O–H groups in total. The van der Waals surface area contributed by atoms with Gasteiger partial charge in [-0.2, -0.15) is 0 Å². The minimum Gasteiger partial charge on any atom is -0.324 e. The number of fused-ring (bicyclic) bond motifs is 20. The summed E-state index contributed by atoms with van der Waals surface area (Å²) in [4.78, 5) is 36.8. The van der Waals surface area contributed by atoms with Crippen molar-refractivity contribution in [3.63, 3.8) is 0 Å². The number of H-pyrrole nitrogens is 2. The fourth-order valence-corrected chi connectivity index (χ4v) is 5.59. The Kier molecular flexibility index (Phi) is 7.04. The van der Waals surface area contributed by atoms with Crippen LogP contribution in [-0.2, 0) is 10.8 Å². The smallest absolute Gasteiger partial charge is 0.164 e. The summed E-state index contributed by atoms with van der Waals surface area (Å²) in [6, 6.07) is 32.2. The Morgan fingerprint density at radius 2 is 0.578 bits per heavy atom. The number of halogens is 4. The molecule has 8 bridgehead atoms. The molecule has 0 amide bonds. The Balaban J connectivity index is 0.000000560. The molecule has 0 fully saturated rings. The number of hydrogen-bond donors (Lipinski definition) is 2. The molecule has 13 heteroatoms. The summed E-state index contributed by atoms with van der Waals surface area (Å²) in [7, 11) is 17.0. The van der Waals surface area contributed by atoms with E-state index < -0.39 is 10.8 Å². The van der Waals surface area contributed by atoms with E-state index in [0.29, 0.717) is 45.9 Å². The van der Waals surface area contributed by atoms with Crippen molar-refractivity contribution in [1.82, 2.24) is 39.9 Å². The van der Waals surface area contributed by atoms with Gasteiger partial charge in [0.15, 0.2) is 23.3 Å². The van der Waals surface area contributed by atoms with Crippen LogP contribution in [0, 0.1) is 0 Å². The molecular formula is C32H18Cl4N8Ru. The number of aromatic nitrogens is 8. The molecule has 7 aromatic rings. The Bertz CT molecular complexity index is 2140. The number of rotatable bonds is 0. The van der Waals surface area contributed by atoms with Crippen LogP contribution in [0.4, 0.5) is 0 Å². The molecule has 2 aliphatic rings. The van der Waals surface area contributed by atoms with Gasteiger partial charge >= 0.3 is 49.6 Å². The minimum atomic E-state index is -2.97. The predicted octanol–water partition coefficient (Wildman–Crippen LogP) is 9.62. The minimum absolute atomic E-state index is 0.597. The average molecular weight is 757 g/mol. The summed E-state index contributed by atoms with van der Waals surface area (Å²) >= 11 is 0. The van der Waals surface area contributed by atoms with E-state index in [1.165, 1.54) is 0 Å². The zero-order valence-electron chi connectivity index (χ0n) is 22.8. The van der Waals surface area contributed by atoms with Crippen LogP contribution in [0.1, 0.15) is 0 Å². The fraction of sp³-hybridized carbons (Fsp3) is 0. The third-order valence-corrected chi connectivity index (χ3v) is 7.46. The molecule has 2 aliphatic heterocycles. The summed E-state index contributed by atoms with van der Waals surface area (Å²) in [6.07, 6.45) is 0. The zero-order valence-corrected chi connectivity index (χ0v) is 27.5. The van der Waals surface area contributed by atoms with Crippen LogP contribution in [0.2, 0.25) is 0 Å². The van der Waals surface area contributed by atoms with Crippen LogP contribution in [0.15, 0.2) is 97.1 Å². The molecule has 8 nitrogen and oxygen atoms in total. The molecule has 0 unspecified atom stereocenters. The summed E-state index contributed by atoms with van der Waals surface area (Å²) in [5, 5.41) is 3.82. The van der Waals surface area contributed by atoms with Crippen LogP contribution >= 0.6 is 38.8 Å². The Morgan fingerprint density at radius 1 is 0.356 bits per heavy atom. The van der Waals surface area contributed by atoms with Gasteiger partial charge in [0.2, 0.25) is 0 Å². The van der Waals surface area contributed by atoms with Crippen LogP contribution in [0.25, 0.3) is 89.7 Å². The monoisotopic (exact) mass is 756 g/mol. The molecule has 0 spiro atoms. The first-order valence-corrected chi connectivity index (χ1v) is 22.5. The van der Waals surface area contributed by atoms with E-state index in [1.54, 1.807) is 0 Å². The van der Waals surface area contributed by atoms with Crippen LogP contribution < -0.4 is 0 Å². The van der Waals surface area contributed by atoms with Gasteiger partial charge in [0, 0.05) is 43.8 Å². The zero-order chi connectivity index (χ0) is 30.7. The normalized spacial score (nSPS) is 12.4. The van der Waals surface area contributed by atoms with Crippen molar-refractivity contribution in [1.29, 1.82) is 0 Å². The first-order chi connectivity index (χ1) is 21.8. The topological polar surface area (TPSA) is 109 Å². The molecule has 45 heavy (non-hydrogen) atoms. The van der Waals surface area contributed by atoms with E-state index in [1.807, 2.05) is 97.1 Å². The Hall–Kier alpha value is -3.98. The van der Waals surface area contributed by atoms with Crippen molar-refractivity contribution < 1.29 is 10.8 Å². The third kappa shape index (κ3) is 5.35. The Morgan fingerprint density at radius 3 is 0.822 bits per heavy atom. The van der Waals surface area contributed by atoms with Gasteiger partial charge in [0.05, 0.1) is 0 Å². The Labute approximate surface area is 274 Å². The SMILES string of the molecule is [Cl][Ru]([Cl])([Cl])[Cl].c1ccc2c(c1)-c1nc-2nc2[nH]c(nc3nc(nc4[nH]c(n1)c1ccccc41)-c1ccccc1-3)c1ccccc21. The second-order valence-electron chi connectivity index (χ2n) is 10.1. The first-order valence-electron chi connectivity index (χ1n) is 13.5. The van der Waals surface area contributed by atoms with Crippen molar-refractivity contribution in [2.24, 2.45) is 0 Å². The molecule has 0 saturated heterocycles. The quantitative estimate of drug-likeness (QED) is 0.149. The number of hydrogen-bond acceptors (Lipinski definition) is 6. The maximum Gasteiger partial charge on any atom is 0.164 e. The van der Waals surface area contributed by atoms with E-state index in [-0.39, 0.29) is 0 Å². The van der Waals surface area contributed by atoms with Gasteiger partial charge in [-0.25, -0.2) is 29.9 Å². The van der Waals surface area contributed by atoms with Gasteiger partial charge < -0.3 is 9.97 Å². The fourth-order valence-electron chi connectivity index (χ4n) is 5.59. The molecule has 0 atom stereocenters. The van der Waals surface area contributed by atoms with Gasteiger partial charge in [-0.3, -0.25) is 0 Å². The van der Waals surface area contributed by atoms with Gasteiger partial charge in [-0.15, -0.1) is 0 Å². The predicted molar refractivity (Wildman–Crippen MR) is 179 cm³/mol. The van der Waals surface area contributed by atoms with Crippen molar-refractivity contribution in [3.05, 3.63) is 97.1 Å². The summed E-state index contributed by atoms with van der Waals surface area (Å²) in [6.45, 7) is 0. The summed E-state index contributed by atoms with van der Waals surface area (Å²) in [5.41, 5.74) is 6.45. The second-order valence-corrected chi connectivity index (χ2v) is 25.9. The van der Waals surface area contributed by atoms with E-state index >= 15 is 0 Å². The van der Waals surface area contributed by atoms with E-state index in [4.69, 9.17) is 68.7 Å². The van der Waals surface area contributed by atoms with Gasteiger partial charge in [-0.05, 0) is 0 Å². The van der Waals surface area contributed by atoms with Crippen molar-refractivity contribution in [3.8, 4) is 45.6 Å². The van der Waals surface area contributed by atoms with E-state index in [2.05, 4.69) is 9.97 Å². The number of nitrogens with zero attached hydrogens (tertiary/aromatic N) is 6. The van der Waals surface area contributed by atoms with Crippen LogP contribution in [0.3, 0.4) is 0 Å². The largest absolute Gasteiger partial charge is 0.324 e. The van der Waals surface area contributed by atoms with E-state index in [0.717, 1.165) is 43.8 Å². The van der Waals surface area contributed by atoms with Gasteiger partial charge in [-0.1, -0.05) is 97.1 Å². The third-order valence-electron chi connectivity index (χ3n) is 7.46. The molecule has 5 heterocycles. The van der Waals surface area contributed by atoms with Crippen molar-refractivity contribution >= 4 is 82.9 Å². The molecule has 0 saturated carbocycles. The molecular weight excluding hydrogens is 739 g/mol. The van der Waals surface area contributed by atoms with Crippen molar-refractivity contribution in [2.45, 2.75) is 0 Å².